The maximum Gasteiger partial charge on any atom is 0.200 e. The monoisotopic (exact) mass is 437 g/mol. The molecule has 0 amide bonds. The van der Waals surface area contributed by atoms with E-state index in [0.29, 0.717) is 5.69 Å². The number of rotatable bonds is 2. The summed E-state index contributed by atoms with van der Waals surface area (Å²) in [5, 5.41) is 3.30. The van der Waals surface area contributed by atoms with E-state index in [0.717, 1.165) is 23.9 Å². The van der Waals surface area contributed by atoms with E-state index in [2.05, 4.69) is 35.3 Å². The summed E-state index contributed by atoms with van der Waals surface area (Å²) < 4.78 is 0. The Bertz CT molecular complexity index is 1100. The standard InChI is InChI=1S/C20H15Cl4N3/c1-27(20(25)26-14-9-13(21)17(22)19(24)18(14)23)15-8-7-11-6-5-10-3-2-4-12(15)16(10)11/h2-4,7-9H,5-6H2,1H3,(H2,25,26). The summed E-state index contributed by atoms with van der Waals surface area (Å²) in [6, 6.07) is 12.1. The van der Waals surface area contributed by atoms with Gasteiger partial charge in [0.2, 0.25) is 5.96 Å². The van der Waals surface area contributed by atoms with Crippen LogP contribution in [0.15, 0.2) is 41.4 Å². The minimum atomic E-state index is 0.158. The average molecular weight is 439 g/mol. The van der Waals surface area contributed by atoms with Gasteiger partial charge in [-0.1, -0.05) is 70.7 Å². The molecule has 0 radical (unpaired) electrons. The Morgan fingerprint density at radius 2 is 1.67 bits per heavy atom. The van der Waals surface area contributed by atoms with E-state index >= 15 is 0 Å². The minimum absolute atomic E-state index is 0.158. The first kappa shape index (κ1) is 18.7. The molecule has 0 unspecified atom stereocenters. The zero-order valence-corrected chi connectivity index (χ0v) is 17.4. The van der Waals surface area contributed by atoms with Gasteiger partial charge >= 0.3 is 0 Å². The summed E-state index contributed by atoms with van der Waals surface area (Å²) in [5.41, 5.74) is 10.3. The van der Waals surface area contributed by atoms with Crippen LogP contribution in [0.1, 0.15) is 11.1 Å². The van der Waals surface area contributed by atoms with Crippen LogP contribution in [0.3, 0.4) is 0 Å². The first-order valence-corrected chi connectivity index (χ1v) is 9.84. The molecule has 1 aliphatic rings. The van der Waals surface area contributed by atoms with Gasteiger partial charge in [0.05, 0.1) is 31.5 Å². The van der Waals surface area contributed by atoms with Crippen molar-refractivity contribution in [2.75, 3.05) is 11.9 Å². The molecule has 0 saturated heterocycles. The van der Waals surface area contributed by atoms with Crippen molar-refractivity contribution in [1.82, 2.24) is 0 Å². The lowest BCUT2D eigenvalue weighted by Crippen LogP contribution is -2.33. The Labute approximate surface area is 177 Å². The molecular formula is C20H15Cl4N3. The molecule has 138 valence electrons. The van der Waals surface area contributed by atoms with Gasteiger partial charge in [-0.3, -0.25) is 0 Å². The predicted molar refractivity (Wildman–Crippen MR) is 118 cm³/mol. The highest BCUT2D eigenvalue weighted by molar-refractivity contribution is 6.52. The highest BCUT2D eigenvalue weighted by Gasteiger charge is 2.19. The second-order valence-electron chi connectivity index (χ2n) is 6.43. The van der Waals surface area contributed by atoms with E-state index in [4.69, 9.17) is 52.1 Å². The first-order chi connectivity index (χ1) is 12.9. The molecule has 3 aromatic rings. The van der Waals surface area contributed by atoms with E-state index in [9.17, 15) is 0 Å². The third-order valence-corrected chi connectivity index (χ3v) is 6.62. The number of benzene rings is 3. The van der Waals surface area contributed by atoms with E-state index in [1.54, 1.807) is 6.07 Å². The van der Waals surface area contributed by atoms with Crippen LogP contribution in [0.25, 0.3) is 10.8 Å². The summed E-state index contributed by atoms with van der Waals surface area (Å²) in [4.78, 5) is 6.25. The molecule has 0 aromatic heterocycles. The average Bonchev–Trinajstić information content (AvgIpc) is 3.09. The summed E-state index contributed by atoms with van der Waals surface area (Å²) >= 11 is 24.5. The van der Waals surface area contributed by atoms with Crippen molar-refractivity contribution >= 4 is 74.5 Å². The number of hydrogen-bond acceptors (Lipinski definition) is 1. The Morgan fingerprint density at radius 1 is 0.963 bits per heavy atom. The van der Waals surface area contributed by atoms with Crippen molar-refractivity contribution < 1.29 is 0 Å². The topological polar surface area (TPSA) is 41.6 Å². The molecule has 0 bridgehead atoms. The van der Waals surface area contributed by atoms with Gasteiger partial charge in [-0.15, -0.1) is 0 Å². The highest BCUT2D eigenvalue weighted by Crippen LogP contribution is 2.42. The number of guanidine groups is 1. The lowest BCUT2D eigenvalue weighted by molar-refractivity contribution is 1.02. The SMILES string of the molecule is CN(C(N)=Nc1cc(Cl)c(Cl)c(Cl)c1Cl)c1ccc2c3c(cccc13)CC2. The van der Waals surface area contributed by atoms with Gasteiger partial charge in [0.1, 0.15) is 0 Å². The molecule has 0 saturated carbocycles. The second-order valence-corrected chi connectivity index (χ2v) is 7.97. The predicted octanol–water partition coefficient (Wildman–Crippen LogP) is 6.63. The van der Waals surface area contributed by atoms with Crippen molar-refractivity contribution in [1.29, 1.82) is 0 Å². The zero-order chi connectivity index (χ0) is 19.3. The van der Waals surface area contributed by atoms with Gasteiger partial charge in [0.15, 0.2) is 0 Å². The summed E-state index contributed by atoms with van der Waals surface area (Å²) in [7, 11) is 1.87. The molecule has 0 spiro atoms. The van der Waals surface area contributed by atoms with Crippen LogP contribution >= 0.6 is 46.4 Å². The lowest BCUT2D eigenvalue weighted by Gasteiger charge is -2.21. The number of nitrogens with two attached hydrogens (primary N) is 1. The minimum Gasteiger partial charge on any atom is -0.369 e. The number of aliphatic imine (C=N–C) groups is 1. The molecule has 3 nitrogen and oxygen atoms in total. The summed E-state index contributed by atoms with van der Waals surface area (Å²) in [5.74, 6) is 0.269. The van der Waals surface area contributed by atoms with Gasteiger partial charge < -0.3 is 10.6 Å². The lowest BCUT2D eigenvalue weighted by atomic mass is 10.0. The van der Waals surface area contributed by atoms with E-state index in [-0.39, 0.29) is 26.1 Å². The molecule has 0 fully saturated rings. The van der Waals surface area contributed by atoms with Crippen LogP contribution in [0.5, 0.6) is 0 Å². The van der Waals surface area contributed by atoms with Crippen molar-refractivity contribution in [3.63, 3.8) is 0 Å². The van der Waals surface area contributed by atoms with Crippen LogP contribution in [0, 0.1) is 0 Å². The van der Waals surface area contributed by atoms with Crippen LogP contribution in [0.2, 0.25) is 20.1 Å². The molecule has 7 heteroatoms. The molecular weight excluding hydrogens is 424 g/mol. The number of hydrogen-bond donors (Lipinski definition) is 1. The van der Waals surface area contributed by atoms with Gasteiger partial charge in [-0.2, -0.15) is 0 Å². The molecule has 1 aliphatic carbocycles. The summed E-state index contributed by atoms with van der Waals surface area (Å²) in [6.45, 7) is 0. The van der Waals surface area contributed by atoms with Crippen LogP contribution in [-0.2, 0) is 12.8 Å². The quantitative estimate of drug-likeness (QED) is 0.211. The van der Waals surface area contributed by atoms with Gasteiger partial charge in [-0.05, 0) is 41.5 Å². The van der Waals surface area contributed by atoms with Crippen LogP contribution < -0.4 is 10.6 Å². The number of halogens is 4. The molecule has 4 rings (SSSR count). The normalized spacial score (nSPS) is 13.4. The molecule has 2 N–H and O–H groups in total. The Hall–Kier alpha value is -1.65. The van der Waals surface area contributed by atoms with Crippen molar-refractivity contribution in [2.24, 2.45) is 10.7 Å². The zero-order valence-electron chi connectivity index (χ0n) is 14.4. The Morgan fingerprint density at radius 3 is 2.41 bits per heavy atom. The molecule has 27 heavy (non-hydrogen) atoms. The maximum absolute atomic E-state index is 6.27. The van der Waals surface area contributed by atoms with E-state index < -0.39 is 0 Å². The van der Waals surface area contributed by atoms with E-state index in [1.807, 2.05) is 11.9 Å². The van der Waals surface area contributed by atoms with Crippen molar-refractivity contribution in [3.05, 3.63) is 67.6 Å². The molecule has 3 aromatic carbocycles. The molecule has 0 atom stereocenters. The smallest absolute Gasteiger partial charge is 0.200 e. The van der Waals surface area contributed by atoms with Crippen molar-refractivity contribution in [2.45, 2.75) is 12.8 Å². The van der Waals surface area contributed by atoms with Crippen molar-refractivity contribution in [3.8, 4) is 0 Å². The van der Waals surface area contributed by atoms with Crippen LogP contribution in [-0.4, -0.2) is 13.0 Å². The van der Waals surface area contributed by atoms with Gasteiger partial charge in [0, 0.05) is 12.4 Å². The molecule has 0 heterocycles. The fourth-order valence-corrected chi connectivity index (χ4v) is 4.32. The largest absolute Gasteiger partial charge is 0.369 e. The number of nitrogens with zero attached hydrogens (tertiary/aromatic N) is 2. The fourth-order valence-electron chi connectivity index (χ4n) is 3.49. The van der Waals surface area contributed by atoms with Gasteiger partial charge in [0.25, 0.3) is 0 Å². The molecule has 0 aliphatic heterocycles. The summed E-state index contributed by atoms with van der Waals surface area (Å²) in [6.07, 6.45) is 2.14. The fraction of sp³-hybridized carbons (Fsp3) is 0.150. The van der Waals surface area contributed by atoms with E-state index in [1.165, 1.54) is 16.5 Å². The Kier molecular flexibility index (Phi) is 4.89. The third-order valence-electron chi connectivity index (χ3n) is 4.88. The third kappa shape index (κ3) is 3.13. The van der Waals surface area contributed by atoms with Gasteiger partial charge in [-0.25, -0.2) is 4.99 Å². The number of aryl methyl sites for hydroxylation is 2. The van der Waals surface area contributed by atoms with Crippen LogP contribution in [0.4, 0.5) is 11.4 Å². The first-order valence-electron chi connectivity index (χ1n) is 8.33. The Balaban J connectivity index is 1.79. The number of anilines is 1. The highest BCUT2D eigenvalue weighted by atomic mass is 35.5. The maximum atomic E-state index is 6.27. The second kappa shape index (κ2) is 7.06.